The molecule has 0 aromatic carbocycles. The third-order valence-electron chi connectivity index (χ3n) is 3.11. The number of unbranched alkanes of at least 4 members (excludes halogenated alkanes) is 1. The molecular weight excluding hydrogens is 220 g/mol. The molecule has 0 spiro atoms. The molecule has 2 atom stereocenters. The van der Waals surface area contributed by atoms with Crippen LogP contribution in [-0.4, -0.2) is 41.1 Å². The number of amides is 2. The topological polar surface area (TPSA) is 69.6 Å². The smallest absolute Gasteiger partial charge is 0.317 e. The summed E-state index contributed by atoms with van der Waals surface area (Å²) in [5, 5.41) is 11.7. The number of nitrogens with one attached hydrogen (secondary N) is 1. The number of aliphatic carboxylic acids is 1. The lowest BCUT2D eigenvalue weighted by molar-refractivity contribution is -0.142. The molecule has 1 fully saturated rings. The predicted octanol–water partition coefficient (Wildman–Crippen LogP) is 0.904. The van der Waals surface area contributed by atoms with Crippen molar-refractivity contribution in [1.82, 2.24) is 10.2 Å². The monoisotopic (exact) mass is 238 g/mol. The van der Waals surface area contributed by atoms with Gasteiger partial charge in [-0.1, -0.05) is 0 Å². The number of nitrogens with zero attached hydrogens (tertiary/aromatic N) is 1. The van der Waals surface area contributed by atoms with E-state index in [1.165, 1.54) is 0 Å². The highest BCUT2D eigenvalue weighted by molar-refractivity contribution is 5.78. The summed E-state index contributed by atoms with van der Waals surface area (Å²) >= 11 is 0. The second-order valence-corrected chi connectivity index (χ2v) is 4.21. The van der Waals surface area contributed by atoms with Crippen LogP contribution in [0.15, 0.2) is 0 Å². The number of carbonyl (C=O) groups excluding carboxylic acids is 1. The third-order valence-corrected chi connectivity index (χ3v) is 3.11. The molecule has 2 N–H and O–H groups in total. The second kappa shape index (κ2) is 6.14. The van der Waals surface area contributed by atoms with Crippen molar-refractivity contribution in [3.8, 4) is 12.3 Å². The molecule has 17 heavy (non-hydrogen) atoms. The first kappa shape index (κ1) is 13.4. The van der Waals surface area contributed by atoms with Gasteiger partial charge in [0.05, 0.1) is 5.92 Å². The number of carboxylic acid groups (broad SMARTS) is 1. The molecule has 0 aliphatic carbocycles. The summed E-state index contributed by atoms with van der Waals surface area (Å²) in [6.45, 7) is 2.80. The van der Waals surface area contributed by atoms with E-state index in [-0.39, 0.29) is 12.1 Å². The molecule has 5 heteroatoms. The van der Waals surface area contributed by atoms with Gasteiger partial charge in [0.1, 0.15) is 0 Å². The van der Waals surface area contributed by atoms with Crippen LogP contribution in [0.1, 0.15) is 26.2 Å². The molecule has 1 heterocycles. The maximum absolute atomic E-state index is 11.8. The van der Waals surface area contributed by atoms with Crippen molar-refractivity contribution in [2.45, 2.75) is 32.2 Å². The van der Waals surface area contributed by atoms with E-state index < -0.39 is 11.9 Å². The van der Waals surface area contributed by atoms with Gasteiger partial charge in [-0.15, -0.1) is 12.3 Å². The lowest BCUT2D eigenvalue weighted by Gasteiger charge is -2.23. The molecule has 2 unspecified atom stereocenters. The SMILES string of the molecule is C#CCCCNC(=O)N1CCC(C(=O)O)C1C. The molecular formula is C12H18N2O3. The van der Waals surface area contributed by atoms with E-state index in [4.69, 9.17) is 11.5 Å². The quantitative estimate of drug-likeness (QED) is 0.565. The number of urea groups is 1. The molecule has 0 radical (unpaired) electrons. The van der Waals surface area contributed by atoms with E-state index >= 15 is 0 Å². The normalized spacial score (nSPS) is 23.2. The molecule has 0 saturated carbocycles. The first-order chi connectivity index (χ1) is 8.07. The van der Waals surface area contributed by atoms with Crippen molar-refractivity contribution in [3.63, 3.8) is 0 Å². The summed E-state index contributed by atoms with van der Waals surface area (Å²) in [4.78, 5) is 24.2. The van der Waals surface area contributed by atoms with Gasteiger partial charge in [0.25, 0.3) is 0 Å². The van der Waals surface area contributed by atoms with E-state index in [9.17, 15) is 9.59 Å². The fraction of sp³-hybridized carbons (Fsp3) is 0.667. The van der Waals surface area contributed by atoms with Gasteiger partial charge in [0.15, 0.2) is 0 Å². The van der Waals surface area contributed by atoms with Crippen LogP contribution in [0.3, 0.4) is 0 Å². The van der Waals surface area contributed by atoms with Gasteiger partial charge in [0.2, 0.25) is 0 Å². The molecule has 0 aromatic heterocycles. The molecule has 0 bridgehead atoms. The van der Waals surface area contributed by atoms with Crippen molar-refractivity contribution in [1.29, 1.82) is 0 Å². The lowest BCUT2D eigenvalue weighted by Crippen LogP contribution is -2.44. The molecule has 1 rings (SSSR count). The van der Waals surface area contributed by atoms with Gasteiger partial charge in [0, 0.05) is 25.6 Å². The van der Waals surface area contributed by atoms with Crippen molar-refractivity contribution in [2.24, 2.45) is 5.92 Å². The Balaban J connectivity index is 2.38. The average molecular weight is 238 g/mol. The first-order valence-electron chi connectivity index (χ1n) is 5.78. The van der Waals surface area contributed by atoms with Gasteiger partial charge < -0.3 is 15.3 Å². The van der Waals surface area contributed by atoms with Gasteiger partial charge >= 0.3 is 12.0 Å². The third kappa shape index (κ3) is 3.38. The molecule has 1 saturated heterocycles. The number of carboxylic acids is 1. The highest BCUT2D eigenvalue weighted by Gasteiger charge is 2.37. The Morgan fingerprint density at radius 1 is 1.59 bits per heavy atom. The van der Waals surface area contributed by atoms with Crippen LogP contribution >= 0.6 is 0 Å². The Hall–Kier alpha value is -1.70. The Bertz CT molecular complexity index is 335. The summed E-state index contributed by atoms with van der Waals surface area (Å²) in [6.07, 6.45) is 7.00. The van der Waals surface area contributed by atoms with E-state index in [2.05, 4.69) is 11.2 Å². The largest absolute Gasteiger partial charge is 0.481 e. The molecule has 1 aliphatic rings. The minimum Gasteiger partial charge on any atom is -0.481 e. The fourth-order valence-electron chi connectivity index (χ4n) is 2.04. The fourth-order valence-corrected chi connectivity index (χ4v) is 2.04. The Morgan fingerprint density at radius 2 is 2.29 bits per heavy atom. The number of hydrogen-bond acceptors (Lipinski definition) is 2. The van der Waals surface area contributed by atoms with E-state index in [0.29, 0.717) is 25.9 Å². The van der Waals surface area contributed by atoms with E-state index in [0.717, 1.165) is 6.42 Å². The van der Waals surface area contributed by atoms with Gasteiger partial charge in [-0.25, -0.2) is 4.79 Å². The Labute approximate surface area is 101 Å². The zero-order valence-corrected chi connectivity index (χ0v) is 9.98. The van der Waals surface area contributed by atoms with Crippen molar-refractivity contribution in [3.05, 3.63) is 0 Å². The van der Waals surface area contributed by atoms with Crippen LogP contribution < -0.4 is 5.32 Å². The summed E-state index contributed by atoms with van der Waals surface area (Å²) in [5.41, 5.74) is 0. The maximum atomic E-state index is 11.8. The average Bonchev–Trinajstić information content (AvgIpc) is 2.66. The summed E-state index contributed by atoms with van der Waals surface area (Å²) in [7, 11) is 0. The highest BCUT2D eigenvalue weighted by Crippen LogP contribution is 2.24. The Morgan fingerprint density at radius 3 is 2.82 bits per heavy atom. The number of rotatable bonds is 4. The standard InChI is InChI=1S/C12H18N2O3/c1-3-4-5-7-13-12(17)14-8-6-10(9(14)2)11(15)16/h1,9-10H,4-8H2,2H3,(H,13,17)(H,15,16). The zero-order chi connectivity index (χ0) is 12.8. The number of hydrogen-bond donors (Lipinski definition) is 2. The maximum Gasteiger partial charge on any atom is 0.317 e. The first-order valence-corrected chi connectivity index (χ1v) is 5.78. The zero-order valence-electron chi connectivity index (χ0n) is 9.98. The van der Waals surface area contributed by atoms with Crippen LogP contribution in [0.5, 0.6) is 0 Å². The summed E-state index contributed by atoms with van der Waals surface area (Å²) < 4.78 is 0. The Kier molecular flexibility index (Phi) is 4.83. The van der Waals surface area contributed by atoms with Gasteiger partial charge in [-0.3, -0.25) is 4.79 Å². The van der Waals surface area contributed by atoms with E-state index in [1.807, 2.05) is 0 Å². The molecule has 0 aromatic rings. The molecule has 94 valence electrons. The number of carbonyl (C=O) groups is 2. The van der Waals surface area contributed by atoms with Crippen LogP contribution in [0.2, 0.25) is 0 Å². The molecule has 2 amide bonds. The van der Waals surface area contributed by atoms with Gasteiger partial charge in [-0.2, -0.15) is 0 Å². The van der Waals surface area contributed by atoms with Crippen LogP contribution in [-0.2, 0) is 4.79 Å². The van der Waals surface area contributed by atoms with Gasteiger partial charge in [-0.05, 0) is 19.8 Å². The molecule has 5 nitrogen and oxygen atoms in total. The van der Waals surface area contributed by atoms with E-state index in [1.54, 1.807) is 11.8 Å². The summed E-state index contributed by atoms with van der Waals surface area (Å²) in [5.74, 6) is 1.21. The van der Waals surface area contributed by atoms with Crippen molar-refractivity contribution in [2.75, 3.05) is 13.1 Å². The highest BCUT2D eigenvalue weighted by atomic mass is 16.4. The number of likely N-dealkylation sites (tertiary alicyclic amines) is 1. The van der Waals surface area contributed by atoms with Crippen molar-refractivity contribution < 1.29 is 14.7 Å². The second-order valence-electron chi connectivity index (χ2n) is 4.21. The number of terminal acetylenes is 1. The minimum atomic E-state index is -0.833. The van der Waals surface area contributed by atoms with Crippen LogP contribution in [0, 0.1) is 18.3 Å². The lowest BCUT2D eigenvalue weighted by atomic mass is 10.0. The van der Waals surface area contributed by atoms with Crippen molar-refractivity contribution >= 4 is 12.0 Å². The minimum absolute atomic E-state index is 0.196. The van der Waals surface area contributed by atoms with Crippen LogP contribution in [0.25, 0.3) is 0 Å². The molecule has 1 aliphatic heterocycles. The van der Waals surface area contributed by atoms with Crippen LogP contribution in [0.4, 0.5) is 4.79 Å². The predicted molar refractivity (Wildman–Crippen MR) is 63.4 cm³/mol. The summed E-state index contributed by atoms with van der Waals surface area (Å²) in [6, 6.07) is -0.446.